The van der Waals surface area contributed by atoms with E-state index in [1.165, 1.54) is 0 Å². The van der Waals surface area contributed by atoms with Gasteiger partial charge in [-0.05, 0) is 25.5 Å². The monoisotopic (exact) mass is 288 g/mol. The van der Waals surface area contributed by atoms with Crippen molar-refractivity contribution in [3.8, 4) is 0 Å². The maximum absolute atomic E-state index is 11.9. The van der Waals surface area contributed by atoms with Crippen molar-refractivity contribution in [2.24, 2.45) is 0 Å². The lowest BCUT2D eigenvalue weighted by molar-refractivity contribution is 0.0521. The van der Waals surface area contributed by atoms with Crippen molar-refractivity contribution in [3.05, 3.63) is 41.6 Å². The SMILES string of the molecule is CCOC(=O)c1nc(CC)n(C(C)c2cccnc2)c1N. The fraction of sp³-hybridized carbons (Fsp3) is 0.400. The number of aromatic nitrogens is 3. The van der Waals surface area contributed by atoms with E-state index in [9.17, 15) is 4.79 Å². The summed E-state index contributed by atoms with van der Waals surface area (Å²) in [6, 6.07) is 3.79. The quantitative estimate of drug-likeness (QED) is 0.853. The van der Waals surface area contributed by atoms with E-state index in [1.807, 2.05) is 30.5 Å². The molecule has 6 heteroatoms. The second kappa shape index (κ2) is 6.39. The van der Waals surface area contributed by atoms with Gasteiger partial charge in [0.2, 0.25) is 0 Å². The first-order valence-corrected chi connectivity index (χ1v) is 7.03. The van der Waals surface area contributed by atoms with Gasteiger partial charge in [0.25, 0.3) is 0 Å². The van der Waals surface area contributed by atoms with E-state index in [-0.39, 0.29) is 11.7 Å². The number of rotatable bonds is 5. The van der Waals surface area contributed by atoms with E-state index in [0.29, 0.717) is 18.8 Å². The molecule has 0 saturated carbocycles. The largest absolute Gasteiger partial charge is 0.461 e. The maximum Gasteiger partial charge on any atom is 0.360 e. The lowest BCUT2D eigenvalue weighted by Gasteiger charge is -2.17. The maximum atomic E-state index is 11.9. The van der Waals surface area contributed by atoms with Gasteiger partial charge in [0, 0.05) is 18.8 Å². The molecule has 2 heterocycles. The Bertz CT molecular complexity index is 622. The highest BCUT2D eigenvalue weighted by Gasteiger charge is 2.24. The van der Waals surface area contributed by atoms with Crippen molar-refractivity contribution >= 4 is 11.8 Å². The summed E-state index contributed by atoms with van der Waals surface area (Å²) in [5.74, 6) is 0.607. The summed E-state index contributed by atoms with van der Waals surface area (Å²) >= 11 is 0. The molecular weight excluding hydrogens is 268 g/mol. The number of nitrogens with two attached hydrogens (primary N) is 1. The Labute approximate surface area is 124 Å². The van der Waals surface area contributed by atoms with Crippen LogP contribution in [0.4, 0.5) is 5.82 Å². The Morgan fingerprint density at radius 2 is 2.24 bits per heavy atom. The van der Waals surface area contributed by atoms with E-state index in [4.69, 9.17) is 10.5 Å². The molecule has 0 radical (unpaired) electrons. The number of hydrogen-bond donors (Lipinski definition) is 1. The van der Waals surface area contributed by atoms with E-state index in [1.54, 1.807) is 19.3 Å². The number of imidazole rings is 1. The zero-order valence-electron chi connectivity index (χ0n) is 12.5. The van der Waals surface area contributed by atoms with Gasteiger partial charge in [0.15, 0.2) is 5.69 Å². The number of aryl methyl sites for hydroxylation is 1. The summed E-state index contributed by atoms with van der Waals surface area (Å²) in [6.07, 6.45) is 4.18. The molecule has 1 atom stereocenters. The van der Waals surface area contributed by atoms with Crippen LogP contribution in [0.2, 0.25) is 0 Å². The lowest BCUT2D eigenvalue weighted by Crippen LogP contribution is -2.14. The minimum absolute atomic E-state index is 0.0515. The number of pyridine rings is 1. The molecule has 0 aromatic carbocycles. The number of ether oxygens (including phenoxy) is 1. The van der Waals surface area contributed by atoms with Crippen LogP contribution < -0.4 is 5.73 Å². The molecule has 2 rings (SSSR count). The molecule has 0 bridgehead atoms. The third kappa shape index (κ3) is 2.89. The van der Waals surface area contributed by atoms with Crippen molar-refractivity contribution in [1.82, 2.24) is 14.5 Å². The van der Waals surface area contributed by atoms with Crippen molar-refractivity contribution in [2.75, 3.05) is 12.3 Å². The number of carbonyl (C=O) groups is 1. The number of nitrogen functional groups attached to an aromatic ring is 1. The molecule has 0 spiro atoms. The Hall–Kier alpha value is -2.37. The van der Waals surface area contributed by atoms with Crippen molar-refractivity contribution < 1.29 is 9.53 Å². The summed E-state index contributed by atoms with van der Waals surface area (Å²) in [6.45, 7) is 6.03. The minimum Gasteiger partial charge on any atom is -0.461 e. The van der Waals surface area contributed by atoms with Gasteiger partial charge in [0.1, 0.15) is 11.6 Å². The molecule has 0 fully saturated rings. The van der Waals surface area contributed by atoms with Crippen LogP contribution in [-0.4, -0.2) is 27.1 Å². The molecule has 1 unspecified atom stereocenters. The molecule has 2 N–H and O–H groups in total. The average Bonchev–Trinajstić information content (AvgIpc) is 2.84. The Morgan fingerprint density at radius 1 is 1.48 bits per heavy atom. The van der Waals surface area contributed by atoms with E-state index >= 15 is 0 Å². The molecule has 2 aromatic heterocycles. The van der Waals surface area contributed by atoms with Crippen LogP contribution in [0.1, 0.15) is 48.7 Å². The highest BCUT2D eigenvalue weighted by molar-refractivity contribution is 5.92. The fourth-order valence-electron chi connectivity index (χ4n) is 2.30. The zero-order valence-corrected chi connectivity index (χ0v) is 12.5. The Kier molecular flexibility index (Phi) is 4.57. The fourth-order valence-corrected chi connectivity index (χ4v) is 2.30. The van der Waals surface area contributed by atoms with E-state index in [0.717, 1.165) is 11.4 Å². The van der Waals surface area contributed by atoms with Gasteiger partial charge in [-0.3, -0.25) is 4.98 Å². The smallest absolute Gasteiger partial charge is 0.360 e. The van der Waals surface area contributed by atoms with Crippen molar-refractivity contribution in [2.45, 2.75) is 33.2 Å². The van der Waals surface area contributed by atoms with Crippen molar-refractivity contribution in [3.63, 3.8) is 0 Å². The number of nitrogens with zero attached hydrogens (tertiary/aromatic N) is 3. The number of anilines is 1. The first-order chi connectivity index (χ1) is 10.1. The van der Waals surface area contributed by atoms with Crippen LogP contribution >= 0.6 is 0 Å². The van der Waals surface area contributed by atoms with Gasteiger partial charge >= 0.3 is 5.97 Å². The molecule has 0 aliphatic carbocycles. The van der Waals surface area contributed by atoms with Gasteiger partial charge in [0.05, 0.1) is 12.6 Å². The Morgan fingerprint density at radius 3 is 2.81 bits per heavy atom. The van der Waals surface area contributed by atoms with Crippen LogP contribution in [0.15, 0.2) is 24.5 Å². The standard InChI is InChI=1S/C15H20N4O2/c1-4-12-18-13(15(20)21-5-2)14(16)19(12)10(3)11-7-6-8-17-9-11/h6-10H,4-5,16H2,1-3H3. The normalized spacial score (nSPS) is 12.1. The first kappa shape index (κ1) is 15.0. The number of carbonyl (C=O) groups excluding carboxylic acids is 1. The number of esters is 1. The van der Waals surface area contributed by atoms with Crippen LogP contribution in [0, 0.1) is 0 Å². The van der Waals surface area contributed by atoms with E-state index in [2.05, 4.69) is 9.97 Å². The second-order valence-electron chi connectivity index (χ2n) is 4.67. The first-order valence-electron chi connectivity index (χ1n) is 7.03. The van der Waals surface area contributed by atoms with Gasteiger partial charge in [-0.1, -0.05) is 13.0 Å². The topological polar surface area (TPSA) is 83.0 Å². The molecule has 0 amide bonds. The van der Waals surface area contributed by atoms with Gasteiger partial charge in [-0.25, -0.2) is 9.78 Å². The Balaban J connectivity index is 2.46. The van der Waals surface area contributed by atoms with Gasteiger partial charge < -0.3 is 15.0 Å². The highest BCUT2D eigenvalue weighted by atomic mass is 16.5. The van der Waals surface area contributed by atoms with Crippen LogP contribution in [0.5, 0.6) is 0 Å². The summed E-state index contributed by atoms with van der Waals surface area (Å²) in [4.78, 5) is 20.4. The zero-order chi connectivity index (χ0) is 15.4. The molecule has 0 aliphatic heterocycles. The molecular formula is C15H20N4O2. The number of hydrogen-bond acceptors (Lipinski definition) is 5. The predicted molar refractivity (Wildman–Crippen MR) is 80.0 cm³/mol. The summed E-state index contributed by atoms with van der Waals surface area (Å²) in [5.41, 5.74) is 7.32. The van der Waals surface area contributed by atoms with Crippen LogP contribution in [-0.2, 0) is 11.2 Å². The third-order valence-corrected chi connectivity index (χ3v) is 3.36. The van der Waals surface area contributed by atoms with Gasteiger partial charge in [-0.2, -0.15) is 0 Å². The molecule has 6 nitrogen and oxygen atoms in total. The van der Waals surface area contributed by atoms with Crippen molar-refractivity contribution in [1.29, 1.82) is 0 Å². The molecule has 112 valence electrons. The predicted octanol–water partition coefficient (Wildman–Crippen LogP) is 2.21. The highest BCUT2D eigenvalue weighted by Crippen LogP contribution is 2.26. The molecule has 21 heavy (non-hydrogen) atoms. The summed E-state index contributed by atoms with van der Waals surface area (Å²) in [7, 11) is 0. The molecule has 0 aliphatic rings. The van der Waals surface area contributed by atoms with E-state index < -0.39 is 5.97 Å². The molecule has 2 aromatic rings. The lowest BCUT2D eigenvalue weighted by atomic mass is 10.1. The van der Waals surface area contributed by atoms with Crippen LogP contribution in [0.25, 0.3) is 0 Å². The summed E-state index contributed by atoms with van der Waals surface area (Å²) in [5, 5.41) is 0. The summed E-state index contributed by atoms with van der Waals surface area (Å²) < 4.78 is 6.86. The van der Waals surface area contributed by atoms with Gasteiger partial charge in [-0.15, -0.1) is 0 Å². The third-order valence-electron chi connectivity index (χ3n) is 3.36. The average molecular weight is 288 g/mol. The van der Waals surface area contributed by atoms with Crippen LogP contribution in [0.3, 0.4) is 0 Å². The minimum atomic E-state index is -0.484. The second-order valence-corrected chi connectivity index (χ2v) is 4.67. The molecule has 0 saturated heterocycles.